The van der Waals surface area contributed by atoms with E-state index in [9.17, 15) is 4.79 Å². The van der Waals surface area contributed by atoms with Gasteiger partial charge >= 0.3 is 0 Å². The molecule has 1 atom stereocenters. The van der Waals surface area contributed by atoms with Crippen molar-refractivity contribution in [2.24, 2.45) is 0 Å². The fraction of sp³-hybridized carbons (Fsp3) is 0.632. The minimum atomic E-state index is 0.132. The Bertz CT molecular complexity index is 574. The minimum Gasteiger partial charge on any atom is -0.360 e. The maximum absolute atomic E-state index is 12.3. The lowest BCUT2D eigenvalue weighted by atomic mass is 10.2. The first-order valence-corrected chi connectivity index (χ1v) is 10.2. The van der Waals surface area contributed by atoms with Gasteiger partial charge in [0.05, 0.1) is 12.2 Å². The van der Waals surface area contributed by atoms with Crippen molar-refractivity contribution in [3.8, 4) is 0 Å². The third-order valence-corrected chi connectivity index (χ3v) is 6.07. The van der Waals surface area contributed by atoms with Crippen LogP contribution in [0.4, 0.5) is 5.69 Å². The number of hydrogen-bond acceptors (Lipinski definition) is 5. The molecule has 0 saturated carbocycles. The molecule has 1 unspecified atom stereocenters. The first kappa shape index (κ1) is 18.5. The van der Waals surface area contributed by atoms with Crippen molar-refractivity contribution >= 4 is 23.4 Å². The van der Waals surface area contributed by atoms with E-state index in [1.165, 1.54) is 10.6 Å². The normalized spacial score (nSPS) is 21.8. The maximum Gasteiger partial charge on any atom is 0.239 e. The smallest absolute Gasteiger partial charge is 0.239 e. The molecule has 5 nitrogen and oxygen atoms in total. The van der Waals surface area contributed by atoms with Gasteiger partial charge in [-0.3, -0.25) is 4.79 Å². The van der Waals surface area contributed by atoms with Crippen LogP contribution in [-0.2, 0) is 4.79 Å². The fourth-order valence-electron chi connectivity index (χ4n) is 3.46. The van der Waals surface area contributed by atoms with E-state index in [4.69, 9.17) is 0 Å². The molecule has 3 rings (SSSR count). The standard InChI is InChI=1S/C19H30N4OS/c1-16-14-23(17-6-3-4-7-18(17)25-16)15-19(24)20-8-5-9-22-12-10-21(2)11-13-22/h3-4,6-7,16H,5,8-15H2,1-2H3,(H,20,24). The molecule has 25 heavy (non-hydrogen) atoms. The van der Waals surface area contributed by atoms with Gasteiger partial charge in [-0.1, -0.05) is 19.1 Å². The van der Waals surface area contributed by atoms with E-state index in [1.807, 2.05) is 11.8 Å². The van der Waals surface area contributed by atoms with Gasteiger partial charge in [-0.05, 0) is 32.1 Å². The molecular weight excluding hydrogens is 332 g/mol. The number of benzene rings is 1. The third kappa shape index (κ3) is 5.36. The number of anilines is 1. The molecular formula is C19H30N4OS. The Labute approximate surface area is 155 Å². The summed E-state index contributed by atoms with van der Waals surface area (Å²) in [6.07, 6.45) is 1.03. The molecule has 0 spiro atoms. The lowest BCUT2D eigenvalue weighted by Gasteiger charge is -2.34. The summed E-state index contributed by atoms with van der Waals surface area (Å²) in [5, 5.41) is 3.61. The maximum atomic E-state index is 12.3. The van der Waals surface area contributed by atoms with E-state index in [1.54, 1.807) is 0 Å². The lowest BCUT2D eigenvalue weighted by Crippen LogP contribution is -2.45. The van der Waals surface area contributed by atoms with Gasteiger partial charge < -0.3 is 20.0 Å². The van der Waals surface area contributed by atoms with Crippen molar-refractivity contribution in [1.82, 2.24) is 15.1 Å². The van der Waals surface area contributed by atoms with Gasteiger partial charge in [-0.15, -0.1) is 11.8 Å². The minimum absolute atomic E-state index is 0.132. The summed E-state index contributed by atoms with van der Waals surface area (Å²) in [5.41, 5.74) is 1.19. The van der Waals surface area contributed by atoms with Crippen LogP contribution in [0.15, 0.2) is 29.2 Å². The van der Waals surface area contributed by atoms with Crippen LogP contribution < -0.4 is 10.2 Å². The molecule has 0 aliphatic carbocycles. The predicted octanol–water partition coefficient (Wildman–Crippen LogP) is 1.74. The Balaban J connectivity index is 1.39. The molecule has 138 valence electrons. The summed E-state index contributed by atoms with van der Waals surface area (Å²) >= 11 is 1.90. The van der Waals surface area contributed by atoms with Gasteiger partial charge in [0.1, 0.15) is 0 Å². The zero-order valence-electron chi connectivity index (χ0n) is 15.4. The van der Waals surface area contributed by atoms with Crippen LogP contribution in [0.2, 0.25) is 0 Å². The van der Waals surface area contributed by atoms with E-state index >= 15 is 0 Å². The highest BCUT2D eigenvalue weighted by Crippen LogP contribution is 2.37. The molecule has 2 heterocycles. The molecule has 1 saturated heterocycles. The molecule has 1 fully saturated rings. The van der Waals surface area contributed by atoms with Gasteiger partial charge in [0.15, 0.2) is 0 Å². The summed E-state index contributed by atoms with van der Waals surface area (Å²) in [4.78, 5) is 20.7. The number of nitrogens with zero attached hydrogens (tertiary/aromatic N) is 3. The van der Waals surface area contributed by atoms with Crippen LogP contribution in [0.1, 0.15) is 13.3 Å². The molecule has 1 amide bonds. The van der Waals surface area contributed by atoms with Crippen molar-refractivity contribution < 1.29 is 4.79 Å². The van der Waals surface area contributed by atoms with Crippen LogP contribution in [-0.4, -0.2) is 80.4 Å². The summed E-state index contributed by atoms with van der Waals surface area (Å²) in [6, 6.07) is 8.39. The van der Waals surface area contributed by atoms with E-state index in [-0.39, 0.29) is 5.91 Å². The SMILES string of the molecule is CC1CN(CC(=O)NCCCN2CCN(C)CC2)c2ccccc2S1. The summed E-state index contributed by atoms with van der Waals surface area (Å²) in [5.74, 6) is 0.132. The zero-order chi connectivity index (χ0) is 17.6. The van der Waals surface area contributed by atoms with Crippen molar-refractivity contribution in [2.75, 3.05) is 64.3 Å². The molecule has 1 N–H and O–H groups in total. The number of amides is 1. The lowest BCUT2D eigenvalue weighted by molar-refractivity contribution is -0.119. The average Bonchev–Trinajstić information content (AvgIpc) is 2.60. The van der Waals surface area contributed by atoms with Crippen molar-refractivity contribution in [3.05, 3.63) is 24.3 Å². The van der Waals surface area contributed by atoms with Crippen LogP contribution in [0.3, 0.4) is 0 Å². The van der Waals surface area contributed by atoms with Gasteiger partial charge in [-0.2, -0.15) is 0 Å². The van der Waals surface area contributed by atoms with Crippen molar-refractivity contribution in [1.29, 1.82) is 0 Å². The van der Waals surface area contributed by atoms with Gasteiger partial charge in [0.25, 0.3) is 0 Å². The zero-order valence-corrected chi connectivity index (χ0v) is 16.2. The number of rotatable bonds is 6. The Morgan fingerprint density at radius 3 is 2.80 bits per heavy atom. The highest BCUT2D eigenvalue weighted by molar-refractivity contribution is 8.00. The third-order valence-electron chi connectivity index (χ3n) is 4.92. The molecule has 0 aromatic heterocycles. The largest absolute Gasteiger partial charge is 0.360 e. The highest BCUT2D eigenvalue weighted by Gasteiger charge is 2.23. The summed E-state index contributed by atoms with van der Waals surface area (Å²) in [6.45, 7) is 10.0. The number of carbonyl (C=O) groups is 1. The number of piperazine rings is 1. The quantitative estimate of drug-likeness (QED) is 0.781. The van der Waals surface area contributed by atoms with E-state index < -0.39 is 0 Å². The first-order valence-electron chi connectivity index (χ1n) is 9.30. The second-order valence-electron chi connectivity index (χ2n) is 7.13. The van der Waals surface area contributed by atoms with E-state index in [0.29, 0.717) is 11.8 Å². The van der Waals surface area contributed by atoms with Gasteiger partial charge in [0.2, 0.25) is 5.91 Å². The average molecular weight is 363 g/mol. The second kappa shape index (κ2) is 8.92. The predicted molar refractivity (Wildman–Crippen MR) is 106 cm³/mol. The molecule has 2 aliphatic heterocycles. The highest BCUT2D eigenvalue weighted by atomic mass is 32.2. The number of carbonyl (C=O) groups excluding carboxylic acids is 1. The van der Waals surface area contributed by atoms with Crippen LogP contribution >= 0.6 is 11.8 Å². The van der Waals surface area contributed by atoms with Crippen molar-refractivity contribution in [3.63, 3.8) is 0 Å². The first-order chi connectivity index (χ1) is 12.1. The number of likely N-dealkylation sites (N-methyl/N-ethyl adjacent to an activating group) is 1. The number of hydrogen-bond donors (Lipinski definition) is 1. The molecule has 6 heteroatoms. The number of para-hydroxylation sites is 1. The molecule has 2 aliphatic rings. The van der Waals surface area contributed by atoms with Gasteiger partial charge in [-0.25, -0.2) is 0 Å². The fourth-order valence-corrected chi connectivity index (χ4v) is 4.62. The number of thioether (sulfide) groups is 1. The van der Waals surface area contributed by atoms with Crippen LogP contribution in [0.5, 0.6) is 0 Å². The van der Waals surface area contributed by atoms with Crippen molar-refractivity contribution in [2.45, 2.75) is 23.5 Å². The topological polar surface area (TPSA) is 38.8 Å². The molecule has 1 aromatic rings. The molecule has 0 radical (unpaired) electrons. The van der Waals surface area contributed by atoms with Crippen LogP contribution in [0.25, 0.3) is 0 Å². The Morgan fingerprint density at radius 1 is 1.24 bits per heavy atom. The Morgan fingerprint density at radius 2 is 2.00 bits per heavy atom. The van der Waals surface area contributed by atoms with Crippen LogP contribution in [0, 0.1) is 0 Å². The van der Waals surface area contributed by atoms with E-state index in [2.05, 4.69) is 58.3 Å². The number of nitrogens with one attached hydrogen (secondary N) is 1. The van der Waals surface area contributed by atoms with E-state index in [0.717, 1.165) is 52.2 Å². The summed E-state index contributed by atoms with van der Waals surface area (Å²) in [7, 11) is 2.18. The number of fused-ring (bicyclic) bond motifs is 1. The Hall–Kier alpha value is -1.24. The second-order valence-corrected chi connectivity index (χ2v) is 8.61. The van der Waals surface area contributed by atoms with Gasteiger partial charge in [0, 0.05) is 49.4 Å². The molecule has 0 bridgehead atoms. The molecule has 1 aromatic carbocycles. The monoisotopic (exact) mass is 362 g/mol. The summed E-state index contributed by atoms with van der Waals surface area (Å²) < 4.78 is 0. The Kier molecular flexibility index (Phi) is 6.62.